The van der Waals surface area contributed by atoms with Crippen molar-refractivity contribution in [2.45, 2.75) is 25.8 Å². The summed E-state index contributed by atoms with van der Waals surface area (Å²) in [6.45, 7) is 3.99. The predicted molar refractivity (Wildman–Crippen MR) is 76.5 cm³/mol. The monoisotopic (exact) mass is 276 g/mol. The summed E-state index contributed by atoms with van der Waals surface area (Å²) in [5.41, 5.74) is 0.640. The molecule has 108 valence electrons. The van der Waals surface area contributed by atoms with Crippen LogP contribution in [0, 0.1) is 0 Å². The summed E-state index contributed by atoms with van der Waals surface area (Å²) in [7, 11) is 0. The van der Waals surface area contributed by atoms with Gasteiger partial charge in [0.15, 0.2) is 0 Å². The maximum Gasteiger partial charge on any atom is 0.251 e. The summed E-state index contributed by atoms with van der Waals surface area (Å²) in [5, 5.41) is 3.13. The van der Waals surface area contributed by atoms with Crippen LogP contribution in [0.2, 0.25) is 0 Å². The van der Waals surface area contributed by atoms with Gasteiger partial charge in [0.2, 0.25) is 5.91 Å². The predicted octanol–water partition coefficient (Wildman–Crippen LogP) is 1.33. The van der Waals surface area contributed by atoms with Crippen molar-refractivity contribution in [3.05, 3.63) is 30.3 Å². The van der Waals surface area contributed by atoms with Crippen LogP contribution in [0.4, 0.5) is 5.69 Å². The molecule has 0 bridgehead atoms. The Bertz CT molecular complexity index is 461. The second-order valence-corrected chi connectivity index (χ2v) is 4.66. The van der Waals surface area contributed by atoms with Crippen LogP contribution in [0.25, 0.3) is 0 Å². The number of ether oxygens (including phenoxy) is 1. The topological polar surface area (TPSA) is 58.6 Å². The van der Waals surface area contributed by atoms with Crippen LogP contribution in [0.5, 0.6) is 0 Å². The molecule has 0 spiro atoms. The molecule has 0 aliphatic carbocycles. The zero-order chi connectivity index (χ0) is 14.4. The van der Waals surface area contributed by atoms with Gasteiger partial charge in [0, 0.05) is 13.2 Å². The highest BCUT2D eigenvalue weighted by Crippen LogP contribution is 2.22. The molecule has 1 heterocycles. The van der Waals surface area contributed by atoms with Crippen molar-refractivity contribution in [1.82, 2.24) is 5.32 Å². The third kappa shape index (κ3) is 3.43. The second-order valence-electron chi connectivity index (χ2n) is 4.66. The van der Waals surface area contributed by atoms with Gasteiger partial charge < -0.3 is 10.1 Å². The van der Waals surface area contributed by atoms with Crippen LogP contribution < -0.4 is 10.2 Å². The van der Waals surface area contributed by atoms with Gasteiger partial charge in [0.25, 0.3) is 5.91 Å². The Labute approximate surface area is 118 Å². The first-order valence-corrected chi connectivity index (χ1v) is 6.97. The smallest absolute Gasteiger partial charge is 0.251 e. The molecule has 0 radical (unpaired) electrons. The van der Waals surface area contributed by atoms with E-state index in [0.717, 1.165) is 6.42 Å². The molecule has 1 unspecified atom stereocenters. The van der Waals surface area contributed by atoms with Gasteiger partial charge in [0.1, 0.15) is 0 Å². The van der Waals surface area contributed by atoms with Crippen molar-refractivity contribution in [2.24, 2.45) is 0 Å². The molecule has 20 heavy (non-hydrogen) atoms. The van der Waals surface area contributed by atoms with E-state index in [4.69, 9.17) is 4.74 Å². The minimum atomic E-state index is -0.413. The molecular weight excluding hydrogens is 256 g/mol. The van der Waals surface area contributed by atoms with Crippen molar-refractivity contribution in [1.29, 1.82) is 0 Å². The van der Waals surface area contributed by atoms with E-state index in [0.29, 0.717) is 25.4 Å². The lowest BCUT2D eigenvalue weighted by Gasteiger charge is -2.15. The second kappa shape index (κ2) is 7.17. The maximum absolute atomic E-state index is 12.2. The average molecular weight is 276 g/mol. The summed E-state index contributed by atoms with van der Waals surface area (Å²) >= 11 is 0. The highest BCUT2D eigenvalue weighted by atomic mass is 16.5. The number of rotatable bonds is 7. The van der Waals surface area contributed by atoms with Crippen molar-refractivity contribution >= 4 is 17.5 Å². The van der Waals surface area contributed by atoms with E-state index in [9.17, 15) is 9.59 Å². The third-order valence-electron chi connectivity index (χ3n) is 3.22. The molecule has 1 aliphatic heterocycles. The Balaban J connectivity index is 1.89. The van der Waals surface area contributed by atoms with Crippen LogP contribution in [-0.2, 0) is 14.3 Å². The highest BCUT2D eigenvalue weighted by molar-refractivity contribution is 6.22. The first kappa shape index (κ1) is 14.7. The molecule has 0 aromatic heterocycles. The van der Waals surface area contributed by atoms with E-state index in [1.165, 1.54) is 4.90 Å². The minimum Gasteiger partial charge on any atom is -0.382 e. The molecule has 5 nitrogen and oxygen atoms in total. The summed E-state index contributed by atoms with van der Waals surface area (Å²) in [6.07, 6.45) is 1.06. The minimum absolute atomic E-state index is 0.150. The lowest BCUT2D eigenvalue weighted by Crippen LogP contribution is -2.39. The third-order valence-corrected chi connectivity index (χ3v) is 3.22. The molecule has 5 heteroatoms. The Kier molecular flexibility index (Phi) is 5.26. The van der Waals surface area contributed by atoms with Crippen LogP contribution in [0.1, 0.15) is 19.8 Å². The zero-order valence-electron chi connectivity index (χ0n) is 11.7. The Morgan fingerprint density at radius 3 is 2.75 bits per heavy atom. The molecular formula is C15H20N2O3. The van der Waals surface area contributed by atoms with Gasteiger partial charge in [-0.2, -0.15) is 0 Å². The quantitative estimate of drug-likeness (QED) is 0.603. The number of amides is 2. The van der Waals surface area contributed by atoms with E-state index < -0.39 is 6.04 Å². The lowest BCUT2D eigenvalue weighted by molar-refractivity contribution is -0.121. The fraction of sp³-hybridized carbons (Fsp3) is 0.467. The number of para-hydroxylation sites is 1. The first-order valence-electron chi connectivity index (χ1n) is 6.97. The molecule has 1 fully saturated rings. The van der Waals surface area contributed by atoms with Crippen molar-refractivity contribution in [3.8, 4) is 0 Å². The molecule has 2 rings (SSSR count). The van der Waals surface area contributed by atoms with E-state index in [1.807, 2.05) is 25.1 Å². The number of hydrogen-bond donors (Lipinski definition) is 1. The number of imide groups is 1. The standard InChI is InChI=1S/C15H20N2O3/c1-2-20-10-6-9-16-13-11-14(18)17(15(13)19)12-7-4-3-5-8-12/h3-5,7-8,13,16H,2,6,9-11H2,1H3. The molecule has 1 aliphatic rings. The zero-order valence-corrected chi connectivity index (χ0v) is 11.7. The Hall–Kier alpha value is -1.72. The summed E-state index contributed by atoms with van der Waals surface area (Å²) < 4.78 is 5.23. The summed E-state index contributed by atoms with van der Waals surface area (Å²) in [6, 6.07) is 8.63. The van der Waals surface area contributed by atoms with E-state index in [1.54, 1.807) is 12.1 Å². The van der Waals surface area contributed by atoms with Crippen LogP contribution in [0.3, 0.4) is 0 Å². The van der Waals surface area contributed by atoms with Crippen molar-refractivity contribution < 1.29 is 14.3 Å². The number of carbonyl (C=O) groups excluding carboxylic acids is 2. The van der Waals surface area contributed by atoms with Gasteiger partial charge in [-0.1, -0.05) is 18.2 Å². The van der Waals surface area contributed by atoms with Gasteiger partial charge in [-0.05, 0) is 32.0 Å². The van der Waals surface area contributed by atoms with Gasteiger partial charge in [-0.25, -0.2) is 4.90 Å². The van der Waals surface area contributed by atoms with Gasteiger partial charge in [0.05, 0.1) is 18.2 Å². The lowest BCUT2D eigenvalue weighted by atomic mass is 10.2. The fourth-order valence-electron chi connectivity index (χ4n) is 2.23. The summed E-state index contributed by atoms with van der Waals surface area (Å²) in [4.78, 5) is 25.5. The Morgan fingerprint density at radius 2 is 2.05 bits per heavy atom. The fourth-order valence-corrected chi connectivity index (χ4v) is 2.23. The SMILES string of the molecule is CCOCCCNC1CC(=O)N(c2ccccc2)C1=O. The van der Waals surface area contributed by atoms with E-state index in [-0.39, 0.29) is 18.2 Å². The highest BCUT2D eigenvalue weighted by Gasteiger charge is 2.38. The van der Waals surface area contributed by atoms with E-state index in [2.05, 4.69) is 5.32 Å². The van der Waals surface area contributed by atoms with Crippen LogP contribution in [-0.4, -0.2) is 37.6 Å². The molecule has 1 N–H and O–H groups in total. The largest absolute Gasteiger partial charge is 0.382 e. The van der Waals surface area contributed by atoms with Gasteiger partial charge >= 0.3 is 0 Å². The van der Waals surface area contributed by atoms with Crippen molar-refractivity contribution in [3.63, 3.8) is 0 Å². The van der Waals surface area contributed by atoms with Crippen LogP contribution >= 0.6 is 0 Å². The van der Waals surface area contributed by atoms with Gasteiger partial charge in [-0.15, -0.1) is 0 Å². The molecule has 1 saturated heterocycles. The number of benzene rings is 1. The normalized spacial score (nSPS) is 18.9. The molecule has 2 amide bonds. The van der Waals surface area contributed by atoms with Crippen molar-refractivity contribution in [2.75, 3.05) is 24.7 Å². The van der Waals surface area contributed by atoms with E-state index >= 15 is 0 Å². The molecule has 1 aromatic rings. The van der Waals surface area contributed by atoms with Crippen LogP contribution in [0.15, 0.2) is 30.3 Å². The number of nitrogens with zero attached hydrogens (tertiary/aromatic N) is 1. The Morgan fingerprint density at radius 1 is 1.30 bits per heavy atom. The number of nitrogens with one attached hydrogen (secondary N) is 1. The first-order chi connectivity index (χ1) is 9.74. The molecule has 1 atom stereocenters. The number of anilines is 1. The number of hydrogen-bond acceptors (Lipinski definition) is 4. The van der Waals surface area contributed by atoms with Gasteiger partial charge in [-0.3, -0.25) is 9.59 Å². The maximum atomic E-state index is 12.2. The molecule has 1 aromatic carbocycles. The summed E-state index contributed by atoms with van der Waals surface area (Å²) in [5.74, 6) is -0.318. The average Bonchev–Trinajstić information content (AvgIpc) is 2.74. The molecule has 0 saturated carbocycles. The number of carbonyl (C=O) groups is 2.